The summed E-state index contributed by atoms with van der Waals surface area (Å²) in [5.74, 6) is 0.957. The third kappa shape index (κ3) is 2.71. The molecular weight excluding hydrogens is 172 g/mol. The Morgan fingerprint density at radius 1 is 1.29 bits per heavy atom. The molecule has 0 spiro atoms. The molecule has 0 heterocycles. The Morgan fingerprint density at radius 2 is 2.00 bits per heavy atom. The van der Waals surface area contributed by atoms with Crippen molar-refractivity contribution < 1.29 is 0 Å². The van der Waals surface area contributed by atoms with E-state index in [9.17, 15) is 0 Å². The van der Waals surface area contributed by atoms with Crippen molar-refractivity contribution in [2.75, 3.05) is 20.6 Å². The van der Waals surface area contributed by atoms with Crippen LogP contribution in [0.15, 0.2) is 0 Å². The standard InChI is InChI=1S/C12H26N2/c1-5-10-7-8-11(13-3)12(9-10)14(4)6-2/h10-13H,5-9H2,1-4H3. The fourth-order valence-corrected chi connectivity index (χ4v) is 2.66. The summed E-state index contributed by atoms with van der Waals surface area (Å²) < 4.78 is 0. The van der Waals surface area contributed by atoms with Crippen LogP contribution in [0.1, 0.15) is 39.5 Å². The highest BCUT2D eigenvalue weighted by molar-refractivity contribution is 4.88. The Hall–Kier alpha value is -0.0800. The van der Waals surface area contributed by atoms with E-state index in [-0.39, 0.29) is 0 Å². The Bertz CT molecular complexity index is 158. The molecule has 14 heavy (non-hydrogen) atoms. The smallest absolute Gasteiger partial charge is 0.0248 e. The molecule has 1 aliphatic carbocycles. The number of hydrogen-bond donors (Lipinski definition) is 1. The van der Waals surface area contributed by atoms with Crippen LogP contribution in [0.25, 0.3) is 0 Å². The molecule has 0 aromatic heterocycles. The molecule has 2 heteroatoms. The predicted molar refractivity (Wildman–Crippen MR) is 62.6 cm³/mol. The van der Waals surface area contributed by atoms with Gasteiger partial charge in [-0.2, -0.15) is 0 Å². The molecule has 0 saturated heterocycles. The molecule has 2 nitrogen and oxygen atoms in total. The van der Waals surface area contributed by atoms with Gasteiger partial charge in [-0.3, -0.25) is 0 Å². The van der Waals surface area contributed by atoms with E-state index in [1.165, 1.54) is 32.2 Å². The average molecular weight is 198 g/mol. The first-order chi connectivity index (χ1) is 6.72. The van der Waals surface area contributed by atoms with Gasteiger partial charge >= 0.3 is 0 Å². The molecule has 1 fully saturated rings. The highest BCUT2D eigenvalue weighted by atomic mass is 15.2. The number of nitrogens with one attached hydrogen (secondary N) is 1. The second kappa shape index (κ2) is 5.72. The zero-order chi connectivity index (χ0) is 10.6. The Balaban J connectivity index is 2.55. The second-order valence-electron chi connectivity index (χ2n) is 4.62. The minimum atomic E-state index is 0.711. The van der Waals surface area contributed by atoms with Crippen molar-refractivity contribution in [3.8, 4) is 0 Å². The maximum atomic E-state index is 3.47. The highest BCUT2D eigenvalue weighted by Crippen LogP contribution is 2.29. The van der Waals surface area contributed by atoms with E-state index in [2.05, 4.69) is 38.2 Å². The lowest BCUT2D eigenvalue weighted by atomic mass is 9.80. The first-order valence-corrected chi connectivity index (χ1v) is 6.10. The lowest BCUT2D eigenvalue weighted by molar-refractivity contribution is 0.126. The van der Waals surface area contributed by atoms with Gasteiger partial charge in [-0.15, -0.1) is 0 Å². The van der Waals surface area contributed by atoms with E-state index in [1.807, 2.05) is 0 Å². The SMILES string of the molecule is CCC1CCC(NC)C(N(C)CC)C1. The lowest BCUT2D eigenvalue weighted by Gasteiger charge is -2.40. The van der Waals surface area contributed by atoms with Gasteiger partial charge in [0.2, 0.25) is 0 Å². The molecule has 0 bridgehead atoms. The van der Waals surface area contributed by atoms with Crippen LogP contribution in [0.4, 0.5) is 0 Å². The van der Waals surface area contributed by atoms with E-state index in [0.29, 0.717) is 6.04 Å². The van der Waals surface area contributed by atoms with E-state index < -0.39 is 0 Å². The largest absolute Gasteiger partial charge is 0.315 e. The van der Waals surface area contributed by atoms with Crippen molar-refractivity contribution in [2.24, 2.45) is 5.92 Å². The van der Waals surface area contributed by atoms with Crippen LogP contribution in [0.2, 0.25) is 0 Å². The molecule has 3 atom stereocenters. The molecule has 0 aliphatic heterocycles. The first-order valence-electron chi connectivity index (χ1n) is 6.10. The molecule has 0 amide bonds. The van der Waals surface area contributed by atoms with Gasteiger partial charge in [0.15, 0.2) is 0 Å². The van der Waals surface area contributed by atoms with Crippen LogP contribution >= 0.6 is 0 Å². The molecular formula is C12H26N2. The van der Waals surface area contributed by atoms with Gasteiger partial charge in [-0.25, -0.2) is 0 Å². The molecule has 1 N–H and O–H groups in total. The number of likely N-dealkylation sites (N-methyl/N-ethyl adjacent to an activating group) is 2. The van der Waals surface area contributed by atoms with Gasteiger partial charge in [0.25, 0.3) is 0 Å². The van der Waals surface area contributed by atoms with E-state index in [4.69, 9.17) is 0 Å². The van der Waals surface area contributed by atoms with Crippen LogP contribution in [-0.4, -0.2) is 37.6 Å². The summed E-state index contributed by atoms with van der Waals surface area (Å²) in [6.07, 6.45) is 5.50. The van der Waals surface area contributed by atoms with Crippen LogP contribution < -0.4 is 5.32 Å². The van der Waals surface area contributed by atoms with Crippen molar-refractivity contribution in [3.63, 3.8) is 0 Å². The maximum absolute atomic E-state index is 3.47. The van der Waals surface area contributed by atoms with Crippen LogP contribution in [-0.2, 0) is 0 Å². The van der Waals surface area contributed by atoms with Crippen molar-refractivity contribution in [3.05, 3.63) is 0 Å². The predicted octanol–water partition coefficient (Wildman–Crippen LogP) is 2.10. The quantitative estimate of drug-likeness (QED) is 0.744. The van der Waals surface area contributed by atoms with Crippen molar-refractivity contribution in [1.82, 2.24) is 10.2 Å². The Labute approximate surface area is 89.1 Å². The molecule has 1 saturated carbocycles. The van der Waals surface area contributed by atoms with Crippen molar-refractivity contribution in [2.45, 2.75) is 51.6 Å². The van der Waals surface area contributed by atoms with Crippen molar-refractivity contribution in [1.29, 1.82) is 0 Å². The lowest BCUT2D eigenvalue weighted by Crippen LogP contribution is -2.50. The van der Waals surface area contributed by atoms with Gasteiger partial charge in [0, 0.05) is 12.1 Å². The average Bonchev–Trinajstić information content (AvgIpc) is 2.27. The van der Waals surface area contributed by atoms with Crippen LogP contribution in [0.5, 0.6) is 0 Å². The molecule has 0 aromatic rings. The molecule has 0 radical (unpaired) electrons. The van der Waals surface area contributed by atoms with E-state index >= 15 is 0 Å². The maximum Gasteiger partial charge on any atom is 0.0248 e. The van der Waals surface area contributed by atoms with Crippen LogP contribution in [0.3, 0.4) is 0 Å². The third-order valence-electron chi connectivity index (χ3n) is 3.94. The topological polar surface area (TPSA) is 15.3 Å². The molecule has 1 aliphatic rings. The van der Waals surface area contributed by atoms with Crippen LogP contribution in [0, 0.1) is 5.92 Å². The summed E-state index contributed by atoms with van der Waals surface area (Å²) in [6, 6.07) is 1.46. The summed E-state index contributed by atoms with van der Waals surface area (Å²) in [7, 11) is 4.36. The fraction of sp³-hybridized carbons (Fsp3) is 1.00. The second-order valence-corrected chi connectivity index (χ2v) is 4.62. The number of rotatable bonds is 4. The van der Waals surface area contributed by atoms with E-state index in [1.54, 1.807) is 0 Å². The minimum absolute atomic E-state index is 0.711. The van der Waals surface area contributed by atoms with Gasteiger partial charge in [-0.1, -0.05) is 20.3 Å². The summed E-state index contributed by atoms with van der Waals surface area (Å²) in [5, 5.41) is 3.47. The summed E-state index contributed by atoms with van der Waals surface area (Å²) in [6.45, 7) is 5.74. The number of hydrogen-bond acceptors (Lipinski definition) is 2. The minimum Gasteiger partial charge on any atom is -0.315 e. The third-order valence-corrected chi connectivity index (χ3v) is 3.94. The Kier molecular flexibility index (Phi) is 4.90. The molecule has 1 rings (SSSR count). The molecule has 84 valence electrons. The summed E-state index contributed by atoms with van der Waals surface area (Å²) in [4.78, 5) is 2.50. The van der Waals surface area contributed by atoms with Gasteiger partial charge in [-0.05, 0) is 45.8 Å². The zero-order valence-electron chi connectivity index (χ0n) is 10.2. The van der Waals surface area contributed by atoms with Gasteiger partial charge in [0.1, 0.15) is 0 Å². The van der Waals surface area contributed by atoms with Gasteiger partial charge in [0.05, 0.1) is 0 Å². The fourth-order valence-electron chi connectivity index (χ4n) is 2.66. The summed E-state index contributed by atoms with van der Waals surface area (Å²) in [5.41, 5.74) is 0. The monoisotopic (exact) mass is 198 g/mol. The molecule has 0 aromatic carbocycles. The Morgan fingerprint density at radius 3 is 2.50 bits per heavy atom. The first kappa shape index (κ1) is 12.0. The highest BCUT2D eigenvalue weighted by Gasteiger charge is 2.30. The summed E-state index contributed by atoms with van der Waals surface area (Å²) >= 11 is 0. The number of nitrogens with zero attached hydrogens (tertiary/aromatic N) is 1. The van der Waals surface area contributed by atoms with E-state index in [0.717, 1.165) is 12.0 Å². The van der Waals surface area contributed by atoms with Gasteiger partial charge < -0.3 is 10.2 Å². The van der Waals surface area contributed by atoms with Crippen molar-refractivity contribution >= 4 is 0 Å². The molecule has 3 unspecified atom stereocenters. The normalized spacial score (nSPS) is 33.6. The zero-order valence-corrected chi connectivity index (χ0v) is 10.2.